The van der Waals surface area contributed by atoms with E-state index < -0.39 is 0 Å². The van der Waals surface area contributed by atoms with Crippen LogP contribution >= 0.6 is 12.2 Å². The van der Waals surface area contributed by atoms with Crippen LogP contribution in [0.3, 0.4) is 0 Å². The lowest BCUT2D eigenvalue weighted by atomic mass is 9.96. The number of hydrogen-bond donors (Lipinski definition) is 2. The van der Waals surface area contributed by atoms with Gasteiger partial charge >= 0.3 is 0 Å². The zero-order valence-electron chi connectivity index (χ0n) is 9.57. The van der Waals surface area contributed by atoms with Crippen molar-refractivity contribution in [2.75, 3.05) is 5.32 Å². The maximum absolute atomic E-state index is 5.27. The highest BCUT2D eigenvalue weighted by Gasteiger charge is 2.13. The van der Waals surface area contributed by atoms with E-state index in [2.05, 4.69) is 15.7 Å². The molecular weight excluding hydrogens is 220 g/mol. The molecule has 2 N–H and O–H groups in total. The molecule has 0 amide bonds. The highest BCUT2D eigenvalue weighted by molar-refractivity contribution is 7.80. The molecule has 1 aromatic heterocycles. The first-order chi connectivity index (χ1) is 7.74. The van der Waals surface area contributed by atoms with Crippen molar-refractivity contribution in [2.45, 2.75) is 38.1 Å². The van der Waals surface area contributed by atoms with Crippen LogP contribution in [0.2, 0.25) is 0 Å². The maximum atomic E-state index is 5.27. The van der Waals surface area contributed by atoms with Crippen LogP contribution in [0.1, 0.15) is 32.1 Å². The van der Waals surface area contributed by atoms with Gasteiger partial charge in [-0.1, -0.05) is 19.3 Å². The van der Waals surface area contributed by atoms with E-state index in [1.165, 1.54) is 32.1 Å². The molecule has 0 unspecified atom stereocenters. The van der Waals surface area contributed by atoms with Crippen molar-refractivity contribution in [2.24, 2.45) is 7.05 Å². The van der Waals surface area contributed by atoms with Crippen molar-refractivity contribution in [1.29, 1.82) is 0 Å². The third-order valence-corrected chi connectivity index (χ3v) is 3.12. The van der Waals surface area contributed by atoms with Crippen LogP contribution < -0.4 is 10.6 Å². The van der Waals surface area contributed by atoms with Crippen LogP contribution in [0.15, 0.2) is 12.4 Å². The highest BCUT2D eigenvalue weighted by Crippen LogP contribution is 2.17. The Labute approximate surface area is 101 Å². The summed E-state index contributed by atoms with van der Waals surface area (Å²) in [6, 6.07) is 0.547. The number of thiocarbonyl (C=S) groups is 1. The number of anilines is 1. The highest BCUT2D eigenvalue weighted by atomic mass is 32.1. The zero-order valence-corrected chi connectivity index (χ0v) is 10.4. The molecule has 0 saturated heterocycles. The molecule has 2 rings (SSSR count). The second-order valence-corrected chi connectivity index (χ2v) is 4.74. The first kappa shape index (κ1) is 11.4. The molecule has 1 fully saturated rings. The van der Waals surface area contributed by atoms with Gasteiger partial charge in [0, 0.05) is 19.3 Å². The SMILES string of the molecule is Cn1cc(NC(=S)NC2CCCCC2)cn1. The Bertz CT molecular complexity index is 355. The fourth-order valence-corrected chi connectivity index (χ4v) is 2.37. The van der Waals surface area contributed by atoms with Crippen molar-refractivity contribution in [1.82, 2.24) is 15.1 Å². The second kappa shape index (κ2) is 5.30. The van der Waals surface area contributed by atoms with Gasteiger partial charge in [0.25, 0.3) is 0 Å². The minimum Gasteiger partial charge on any atom is -0.360 e. The van der Waals surface area contributed by atoms with Crippen LogP contribution in [-0.2, 0) is 7.05 Å². The summed E-state index contributed by atoms with van der Waals surface area (Å²) in [5.41, 5.74) is 0.941. The molecule has 0 atom stereocenters. The Hall–Kier alpha value is -1.10. The molecule has 0 aromatic carbocycles. The Morgan fingerprint density at radius 3 is 2.81 bits per heavy atom. The monoisotopic (exact) mass is 238 g/mol. The summed E-state index contributed by atoms with van der Waals surface area (Å²) < 4.78 is 1.76. The minimum atomic E-state index is 0.547. The predicted molar refractivity (Wildman–Crippen MR) is 69.4 cm³/mol. The van der Waals surface area contributed by atoms with Crippen molar-refractivity contribution >= 4 is 23.0 Å². The quantitative estimate of drug-likeness (QED) is 0.774. The van der Waals surface area contributed by atoms with Gasteiger partial charge in [-0.2, -0.15) is 5.10 Å². The number of nitrogens with zero attached hydrogens (tertiary/aromatic N) is 2. The fraction of sp³-hybridized carbons (Fsp3) is 0.636. The van der Waals surface area contributed by atoms with Crippen LogP contribution in [-0.4, -0.2) is 20.9 Å². The third-order valence-electron chi connectivity index (χ3n) is 2.90. The van der Waals surface area contributed by atoms with E-state index in [4.69, 9.17) is 12.2 Å². The zero-order chi connectivity index (χ0) is 11.4. The molecule has 1 aliphatic carbocycles. The lowest BCUT2D eigenvalue weighted by Crippen LogP contribution is -2.38. The molecule has 0 aliphatic heterocycles. The fourth-order valence-electron chi connectivity index (χ4n) is 2.09. The molecule has 88 valence electrons. The summed E-state index contributed by atoms with van der Waals surface area (Å²) in [7, 11) is 1.89. The van der Waals surface area contributed by atoms with Crippen LogP contribution in [0.25, 0.3) is 0 Å². The first-order valence-corrected chi connectivity index (χ1v) is 6.21. The number of nitrogens with one attached hydrogen (secondary N) is 2. The normalized spacial score (nSPS) is 17.1. The van der Waals surface area contributed by atoms with Gasteiger partial charge in [-0.05, 0) is 25.1 Å². The summed E-state index contributed by atoms with van der Waals surface area (Å²) in [4.78, 5) is 0. The minimum absolute atomic E-state index is 0.547. The average Bonchev–Trinajstić information content (AvgIpc) is 2.65. The van der Waals surface area contributed by atoms with Crippen molar-refractivity contribution in [3.05, 3.63) is 12.4 Å². The van der Waals surface area contributed by atoms with Gasteiger partial charge in [-0.3, -0.25) is 4.68 Å². The summed E-state index contributed by atoms with van der Waals surface area (Å²) in [6.45, 7) is 0. The van der Waals surface area contributed by atoms with Crippen molar-refractivity contribution in [3.8, 4) is 0 Å². The third kappa shape index (κ3) is 3.20. The summed E-state index contributed by atoms with van der Waals surface area (Å²) in [6.07, 6.45) is 10.1. The molecule has 0 radical (unpaired) electrons. The van der Waals surface area contributed by atoms with Crippen LogP contribution in [0, 0.1) is 0 Å². The summed E-state index contributed by atoms with van der Waals surface area (Å²) in [5.74, 6) is 0. The van der Waals surface area contributed by atoms with Gasteiger partial charge < -0.3 is 10.6 Å². The molecule has 1 aromatic rings. The van der Waals surface area contributed by atoms with Crippen molar-refractivity contribution < 1.29 is 0 Å². The second-order valence-electron chi connectivity index (χ2n) is 4.34. The Balaban J connectivity index is 1.79. The van der Waals surface area contributed by atoms with Gasteiger partial charge in [0.15, 0.2) is 5.11 Å². The van der Waals surface area contributed by atoms with Gasteiger partial charge in [-0.15, -0.1) is 0 Å². The largest absolute Gasteiger partial charge is 0.360 e. The van der Waals surface area contributed by atoms with E-state index in [9.17, 15) is 0 Å². The van der Waals surface area contributed by atoms with Gasteiger partial charge in [-0.25, -0.2) is 0 Å². The smallest absolute Gasteiger partial charge is 0.171 e. The summed E-state index contributed by atoms with van der Waals surface area (Å²) in [5, 5.41) is 11.3. The topological polar surface area (TPSA) is 41.9 Å². The van der Waals surface area contributed by atoms with Crippen LogP contribution in [0.5, 0.6) is 0 Å². The Morgan fingerprint density at radius 1 is 1.44 bits per heavy atom. The molecule has 0 bridgehead atoms. The van der Waals surface area contributed by atoms with E-state index in [0.29, 0.717) is 11.2 Å². The standard InChI is InChI=1S/C11H18N4S/c1-15-8-10(7-12-15)14-11(16)13-9-5-3-2-4-6-9/h7-9H,2-6H2,1H3,(H2,13,14,16). The number of aromatic nitrogens is 2. The van der Waals surface area contributed by atoms with Gasteiger partial charge in [0.05, 0.1) is 11.9 Å². The molecule has 5 heteroatoms. The molecule has 1 saturated carbocycles. The lowest BCUT2D eigenvalue weighted by molar-refractivity contribution is 0.415. The van der Waals surface area contributed by atoms with Gasteiger partial charge in [0.2, 0.25) is 0 Å². The Kier molecular flexibility index (Phi) is 3.77. The number of rotatable bonds is 2. The molecule has 1 heterocycles. The number of aryl methyl sites for hydroxylation is 1. The van der Waals surface area contributed by atoms with Crippen LogP contribution in [0.4, 0.5) is 5.69 Å². The molecule has 4 nitrogen and oxygen atoms in total. The Morgan fingerprint density at radius 2 is 2.19 bits per heavy atom. The number of hydrogen-bond acceptors (Lipinski definition) is 2. The molecule has 1 aliphatic rings. The van der Waals surface area contributed by atoms with E-state index in [0.717, 1.165) is 5.69 Å². The van der Waals surface area contributed by atoms with E-state index in [-0.39, 0.29) is 0 Å². The lowest BCUT2D eigenvalue weighted by Gasteiger charge is -2.24. The first-order valence-electron chi connectivity index (χ1n) is 5.80. The molecular formula is C11H18N4S. The van der Waals surface area contributed by atoms with Gasteiger partial charge in [0.1, 0.15) is 0 Å². The summed E-state index contributed by atoms with van der Waals surface area (Å²) >= 11 is 5.27. The maximum Gasteiger partial charge on any atom is 0.171 e. The molecule has 0 spiro atoms. The predicted octanol–water partition coefficient (Wildman–Crippen LogP) is 2.04. The van der Waals surface area contributed by atoms with E-state index >= 15 is 0 Å². The molecule has 16 heavy (non-hydrogen) atoms. The van der Waals surface area contributed by atoms with E-state index in [1.54, 1.807) is 10.9 Å². The average molecular weight is 238 g/mol. The van der Waals surface area contributed by atoms with Crippen molar-refractivity contribution in [3.63, 3.8) is 0 Å². The van der Waals surface area contributed by atoms with E-state index in [1.807, 2.05) is 13.2 Å².